The molecular weight excluding hydrogens is 228 g/mol. The van der Waals surface area contributed by atoms with E-state index in [0.29, 0.717) is 12.8 Å². The van der Waals surface area contributed by atoms with Gasteiger partial charge in [-0.15, -0.1) is 0 Å². The Morgan fingerprint density at radius 1 is 1.11 bits per heavy atom. The Hall–Kier alpha value is -1.51. The number of hydrogen-bond acceptors (Lipinski definition) is 2. The van der Waals surface area contributed by atoms with Crippen LogP contribution in [0.3, 0.4) is 0 Å². The van der Waals surface area contributed by atoms with Crippen LogP contribution in [0.5, 0.6) is 5.75 Å². The van der Waals surface area contributed by atoms with E-state index in [2.05, 4.69) is 0 Å². The summed E-state index contributed by atoms with van der Waals surface area (Å²) in [5.41, 5.74) is 1.84. The van der Waals surface area contributed by atoms with Gasteiger partial charge in [-0.1, -0.05) is 25.3 Å². The van der Waals surface area contributed by atoms with Crippen molar-refractivity contribution in [3.63, 3.8) is 0 Å². The maximum absolute atomic E-state index is 11.8. The zero-order chi connectivity index (χ0) is 13.3. The van der Waals surface area contributed by atoms with Crippen molar-refractivity contribution in [3.8, 4) is 5.75 Å². The summed E-state index contributed by atoms with van der Waals surface area (Å²) in [4.78, 5) is 11.8. The van der Waals surface area contributed by atoms with Crippen molar-refractivity contribution in [2.45, 2.75) is 51.4 Å². The first-order valence-electron chi connectivity index (χ1n) is 6.52. The molecule has 1 aromatic carbocycles. The zero-order valence-corrected chi connectivity index (χ0v) is 11.0. The fourth-order valence-corrected chi connectivity index (χ4v) is 3.08. The minimum Gasteiger partial charge on any atom is -0.508 e. The van der Waals surface area contributed by atoms with Crippen molar-refractivity contribution < 1.29 is 15.0 Å². The third-order valence-electron chi connectivity index (χ3n) is 4.39. The van der Waals surface area contributed by atoms with Crippen molar-refractivity contribution in [1.29, 1.82) is 0 Å². The SMILES string of the molecule is Cc1c(O)ccc(C2(C(=O)O)CCCCC2)c1C. The minimum atomic E-state index is -0.749. The van der Waals surface area contributed by atoms with Gasteiger partial charge in [-0.25, -0.2) is 0 Å². The Morgan fingerprint density at radius 2 is 1.72 bits per heavy atom. The number of aliphatic carboxylic acids is 1. The van der Waals surface area contributed by atoms with Gasteiger partial charge in [-0.3, -0.25) is 4.79 Å². The summed E-state index contributed by atoms with van der Waals surface area (Å²) in [5, 5.41) is 19.4. The highest BCUT2D eigenvalue weighted by Gasteiger charge is 2.42. The van der Waals surface area contributed by atoms with E-state index in [1.165, 1.54) is 0 Å². The molecule has 1 fully saturated rings. The van der Waals surface area contributed by atoms with Crippen molar-refractivity contribution in [1.82, 2.24) is 0 Å². The number of rotatable bonds is 2. The number of aromatic hydroxyl groups is 1. The molecule has 2 rings (SSSR count). The molecule has 1 aliphatic rings. The third kappa shape index (κ3) is 1.88. The molecule has 2 N–H and O–H groups in total. The van der Waals surface area contributed by atoms with Crippen LogP contribution in [0.2, 0.25) is 0 Å². The molecule has 1 aliphatic carbocycles. The zero-order valence-electron chi connectivity index (χ0n) is 11.0. The second-order valence-electron chi connectivity index (χ2n) is 5.33. The number of phenolic OH excluding ortho intramolecular Hbond substituents is 1. The van der Waals surface area contributed by atoms with E-state index in [0.717, 1.165) is 36.0 Å². The van der Waals surface area contributed by atoms with Gasteiger partial charge < -0.3 is 10.2 Å². The minimum absolute atomic E-state index is 0.243. The number of carbonyl (C=O) groups is 1. The van der Waals surface area contributed by atoms with Gasteiger partial charge in [0, 0.05) is 0 Å². The van der Waals surface area contributed by atoms with E-state index >= 15 is 0 Å². The monoisotopic (exact) mass is 248 g/mol. The summed E-state index contributed by atoms with van der Waals surface area (Å²) in [7, 11) is 0. The molecule has 0 bridgehead atoms. The van der Waals surface area contributed by atoms with Gasteiger partial charge in [0.25, 0.3) is 0 Å². The molecule has 1 saturated carbocycles. The van der Waals surface area contributed by atoms with Crippen molar-refractivity contribution in [3.05, 3.63) is 28.8 Å². The Kier molecular flexibility index (Phi) is 3.33. The van der Waals surface area contributed by atoms with Gasteiger partial charge in [-0.2, -0.15) is 0 Å². The van der Waals surface area contributed by atoms with Gasteiger partial charge in [-0.05, 0) is 49.4 Å². The summed E-state index contributed by atoms with van der Waals surface area (Å²) >= 11 is 0. The fraction of sp³-hybridized carbons (Fsp3) is 0.533. The van der Waals surface area contributed by atoms with Crippen molar-refractivity contribution in [2.24, 2.45) is 0 Å². The Balaban J connectivity index is 2.56. The number of carboxylic acids is 1. The van der Waals surface area contributed by atoms with E-state index in [1.807, 2.05) is 13.8 Å². The summed E-state index contributed by atoms with van der Waals surface area (Å²) in [5.74, 6) is -0.483. The molecule has 98 valence electrons. The normalized spacial score (nSPS) is 18.6. The molecule has 3 heteroatoms. The van der Waals surface area contributed by atoms with Gasteiger partial charge in [0.1, 0.15) is 5.75 Å². The van der Waals surface area contributed by atoms with E-state index in [9.17, 15) is 15.0 Å². The molecule has 0 aromatic heterocycles. The van der Waals surface area contributed by atoms with Gasteiger partial charge in [0.15, 0.2) is 0 Å². The number of hydrogen-bond donors (Lipinski definition) is 2. The molecule has 0 saturated heterocycles. The van der Waals surface area contributed by atoms with Crippen molar-refractivity contribution >= 4 is 5.97 Å². The summed E-state index contributed by atoms with van der Waals surface area (Å²) in [6.45, 7) is 3.75. The lowest BCUT2D eigenvalue weighted by atomic mass is 9.68. The smallest absolute Gasteiger partial charge is 0.314 e. The lowest BCUT2D eigenvalue weighted by molar-refractivity contribution is -0.145. The average Bonchev–Trinajstić information content (AvgIpc) is 2.37. The first-order chi connectivity index (χ1) is 8.49. The molecule has 0 radical (unpaired) electrons. The predicted octanol–water partition coefficient (Wildman–Crippen LogP) is 3.30. The molecule has 0 unspecified atom stereocenters. The lowest BCUT2D eigenvalue weighted by Crippen LogP contribution is -2.38. The van der Waals surface area contributed by atoms with Crippen LogP contribution in [0, 0.1) is 13.8 Å². The molecule has 0 aliphatic heterocycles. The Bertz CT molecular complexity index is 471. The first-order valence-corrected chi connectivity index (χ1v) is 6.52. The van der Waals surface area contributed by atoms with E-state index in [4.69, 9.17) is 0 Å². The molecule has 3 nitrogen and oxygen atoms in total. The fourth-order valence-electron chi connectivity index (χ4n) is 3.08. The summed E-state index contributed by atoms with van der Waals surface area (Å²) in [6, 6.07) is 3.41. The highest BCUT2D eigenvalue weighted by Crippen LogP contribution is 2.42. The van der Waals surface area contributed by atoms with Gasteiger partial charge >= 0.3 is 5.97 Å². The average molecular weight is 248 g/mol. The first kappa shape index (κ1) is 12.9. The van der Waals surface area contributed by atoms with Crippen LogP contribution in [0.25, 0.3) is 0 Å². The number of benzene rings is 1. The van der Waals surface area contributed by atoms with Crippen LogP contribution in [-0.2, 0) is 10.2 Å². The standard InChI is InChI=1S/C15H20O3/c1-10-11(2)13(16)7-6-12(10)15(14(17)18)8-4-3-5-9-15/h6-7,16H,3-5,8-9H2,1-2H3,(H,17,18). The van der Waals surface area contributed by atoms with Crippen LogP contribution in [0.1, 0.15) is 48.8 Å². The van der Waals surface area contributed by atoms with Gasteiger partial charge in [0.2, 0.25) is 0 Å². The second kappa shape index (κ2) is 4.63. The topological polar surface area (TPSA) is 57.5 Å². The highest BCUT2D eigenvalue weighted by molar-refractivity contribution is 5.82. The second-order valence-corrected chi connectivity index (χ2v) is 5.33. The van der Waals surface area contributed by atoms with Crippen LogP contribution >= 0.6 is 0 Å². The third-order valence-corrected chi connectivity index (χ3v) is 4.39. The maximum atomic E-state index is 11.8. The van der Waals surface area contributed by atoms with E-state index in [-0.39, 0.29) is 5.75 Å². The van der Waals surface area contributed by atoms with E-state index < -0.39 is 11.4 Å². The molecule has 0 heterocycles. The summed E-state index contributed by atoms with van der Waals surface area (Å²) in [6.07, 6.45) is 4.45. The molecule has 18 heavy (non-hydrogen) atoms. The molecular formula is C15H20O3. The molecule has 0 amide bonds. The van der Waals surface area contributed by atoms with Crippen molar-refractivity contribution in [2.75, 3.05) is 0 Å². The van der Waals surface area contributed by atoms with Crippen LogP contribution in [-0.4, -0.2) is 16.2 Å². The Morgan fingerprint density at radius 3 is 2.28 bits per heavy atom. The predicted molar refractivity (Wildman–Crippen MR) is 70.0 cm³/mol. The molecule has 0 atom stereocenters. The highest BCUT2D eigenvalue weighted by atomic mass is 16.4. The van der Waals surface area contributed by atoms with Crippen LogP contribution < -0.4 is 0 Å². The van der Waals surface area contributed by atoms with E-state index in [1.54, 1.807) is 12.1 Å². The maximum Gasteiger partial charge on any atom is 0.314 e. The summed E-state index contributed by atoms with van der Waals surface area (Å²) < 4.78 is 0. The molecule has 0 spiro atoms. The van der Waals surface area contributed by atoms with Crippen LogP contribution in [0.15, 0.2) is 12.1 Å². The lowest BCUT2D eigenvalue weighted by Gasteiger charge is -2.35. The number of phenols is 1. The van der Waals surface area contributed by atoms with Gasteiger partial charge in [0.05, 0.1) is 5.41 Å². The quantitative estimate of drug-likeness (QED) is 0.844. The van der Waals surface area contributed by atoms with Crippen LogP contribution in [0.4, 0.5) is 0 Å². The molecule has 1 aromatic rings. The largest absolute Gasteiger partial charge is 0.508 e. The Labute approximate surface area is 107 Å². The number of carboxylic acid groups (broad SMARTS) is 1.